The summed E-state index contributed by atoms with van der Waals surface area (Å²) in [6.45, 7) is 1.59. The SMILES string of the molecule is Cc1ncsc1C(=O)Nc1ccc(NC(=O)c2ccoc2)cc1C(F)(F)F. The zero-order chi connectivity index (χ0) is 19.6. The van der Waals surface area contributed by atoms with E-state index in [4.69, 9.17) is 4.42 Å². The molecule has 3 rings (SSSR count). The number of hydrogen-bond acceptors (Lipinski definition) is 5. The topological polar surface area (TPSA) is 84.2 Å². The van der Waals surface area contributed by atoms with Gasteiger partial charge in [-0.05, 0) is 31.2 Å². The molecular weight excluding hydrogens is 383 g/mol. The molecule has 6 nitrogen and oxygen atoms in total. The van der Waals surface area contributed by atoms with E-state index in [-0.39, 0.29) is 16.1 Å². The number of aromatic nitrogens is 1. The second kappa shape index (κ2) is 7.23. The summed E-state index contributed by atoms with van der Waals surface area (Å²) >= 11 is 1.03. The molecule has 3 aromatic rings. The van der Waals surface area contributed by atoms with Gasteiger partial charge in [-0.1, -0.05) is 0 Å². The van der Waals surface area contributed by atoms with Gasteiger partial charge in [0.2, 0.25) is 0 Å². The summed E-state index contributed by atoms with van der Waals surface area (Å²) in [6.07, 6.45) is -2.29. The van der Waals surface area contributed by atoms with Crippen LogP contribution in [-0.4, -0.2) is 16.8 Å². The van der Waals surface area contributed by atoms with Crippen LogP contribution in [0.1, 0.15) is 31.3 Å². The van der Waals surface area contributed by atoms with Crippen molar-refractivity contribution in [1.29, 1.82) is 0 Å². The first-order chi connectivity index (χ1) is 12.8. The van der Waals surface area contributed by atoms with E-state index in [0.717, 1.165) is 23.5 Å². The summed E-state index contributed by atoms with van der Waals surface area (Å²) in [5.41, 5.74) is 0.463. The maximum absolute atomic E-state index is 13.4. The smallest absolute Gasteiger partial charge is 0.418 e. The molecule has 0 atom stereocenters. The van der Waals surface area contributed by atoms with Gasteiger partial charge < -0.3 is 15.1 Å². The fourth-order valence-corrected chi connectivity index (χ4v) is 2.96. The van der Waals surface area contributed by atoms with Crippen molar-refractivity contribution in [2.24, 2.45) is 0 Å². The Labute approximate surface area is 155 Å². The molecule has 0 aliphatic rings. The molecule has 0 aliphatic carbocycles. The fourth-order valence-electron chi connectivity index (χ4n) is 2.26. The third kappa shape index (κ3) is 4.17. The fraction of sp³-hybridized carbons (Fsp3) is 0.118. The molecule has 2 N–H and O–H groups in total. The van der Waals surface area contributed by atoms with Gasteiger partial charge in [0, 0.05) is 5.69 Å². The predicted octanol–water partition coefficient (Wildman–Crippen LogP) is 4.57. The van der Waals surface area contributed by atoms with Gasteiger partial charge in [0.05, 0.1) is 34.3 Å². The lowest BCUT2D eigenvalue weighted by atomic mass is 10.1. The molecule has 0 fully saturated rings. The zero-order valence-electron chi connectivity index (χ0n) is 13.8. The van der Waals surface area contributed by atoms with E-state index in [9.17, 15) is 22.8 Å². The summed E-state index contributed by atoms with van der Waals surface area (Å²) in [4.78, 5) is 28.3. The second-order valence-electron chi connectivity index (χ2n) is 5.45. The Morgan fingerprint density at radius 1 is 1.15 bits per heavy atom. The highest BCUT2D eigenvalue weighted by atomic mass is 32.1. The first-order valence-electron chi connectivity index (χ1n) is 7.52. The number of thiazole rings is 1. The Morgan fingerprint density at radius 3 is 2.52 bits per heavy atom. The van der Waals surface area contributed by atoms with Crippen molar-refractivity contribution in [2.75, 3.05) is 10.6 Å². The number of benzene rings is 1. The highest BCUT2D eigenvalue weighted by molar-refractivity contribution is 7.12. The summed E-state index contributed by atoms with van der Waals surface area (Å²) in [5, 5.41) is 4.61. The molecule has 0 radical (unpaired) electrons. The number of nitrogens with one attached hydrogen (secondary N) is 2. The van der Waals surface area contributed by atoms with Gasteiger partial charge in [-0.2, -0.15) is 13.2 Å². The van der Waals surface area contributed by atoms with E-state index in [1.54, 1.807) is 6.92 Å². The normalized spacial score (nSPS) is 11.3. The Balaban J connectivity index is 1.87. The number of nitrogens with zero attached hydrogens (tertiary/aromatic N) is 1. The van der Waals surface area contributed by atoms with Gasteiger partial charge in [0.15, 0.2) is 0 Å². The summed E-state index contributed by atoms with van der Waals surface area (Å²) < 4.78 is 45.0. The van der Waals surface area contributed by atoms with Crippen LogP contribution in [-0.2, 0) is 6.18 Å². The van der Waals surface area contributed by atoms with Crippen molar-refractivity contribution in [1.82, 2.24) is 4.98 Å². The first-order valence-corrected chi connectivity index (χ1v) is 8.40. The quantitative estimate of drug-likeness (QED) is 0.678. The molecule has 2 amide bonds. The van der Waals surface area contributed by atoms with Gasteiger partial charge >= 0.3 is 6.18 Å². The number of carbonyl (C=O) groups excluding carboxylic acids is 2. The minimum absolute atomic E-state index is 0.0690. The lowest BCUT2D eigenvalue weighted by Crippen LogP contribution is -2.18. The Bertz CT molecular complexity index is 981. The van der Waals surface area contributed by atoms with E-state index in [2.05, 4.69) is 15.6 Å². The van der Waals surface area contributed by atoms with Crippen LogP contribution >= 0.6 is 11.3 Å². The first kappa shape index (κ1) is 18.6. The van der Waals surface area contributed by atoms with Crippen molar-refractivity contribution < 1.29 is 27.2 Å². The third-order valence-electron chi connectivity index (χ3n) is 3.57. The van der Waals surface area contributed by atoms with Crippen molar-refractivity contribution in [2.45, 2.75) is 13.1 Å². The molecule has 0 spiro atoms. The van der Waals surface area contributed by atoms with E-state index >= 15 is 0 Å². The van der Waals surface area contributed by atoms with Crippen LogP contribution < -0.4 is 10.6 Å². The molecule has 1 aromatic carbocycles. The molecule has 0 aliphatic heterocycles. The number of halogens is 3. The van der Waals surface area contributed by atoms with Gasteiger partial charge in [0.1, 0.15) is 11.1 Å². The number of amides is 2. The van der Waals surface area contributed by atoms with Crippen LogP contribution in [0, 0.1) is 6.92 Å². The number of aryl methyl sites for hydroxylation is 1. The maximum Gasteiger partial charge on any atom is 0.418 e. The largest absolute Gasteiger partial charge is 0.472 e. The molecule has 27 heavy (non-hydrogen) atoms. The minimum atomic E-state index is -4.73. The molecular formula is C17H12F3N3O3S. The Hall–Kier alpha value is -3.14. The van der Waals surface area contributed by atoms with Gasteiger partial charge in [0.25, 0.3) is 11.8 Å². The molecule has 140 valence electrons. The van der Waals surface area contributed by atoms with E-state index in [0.29, 0.717) is 5.69 Å². The minimum Gasteiger partial charge on any atom is -0.472 e. The Morgan fingerprint density at radius 2 is 1.93 bits per heavy atom. The number of anilines is 2. The van der Waals surface area contributed by atoms with E-state index in [1.165, 1.54) is 30.2 Å². The number of alkyl halides is 3. The van der Waals surface area contributed by atoms with Gasteiger partial charge in [-0.25, -0.2) is 4.98 Å². The summed E-state index contributed by atoms with van der Waals surface area (Å²) in [5.74, 6) is -1.30. The highest BCUT2D eigenvalue weighted by Crippen LogP contribution is 2.37. The summed E-state index contributed by atoms with van der Waals surface area (Å²) in [7, 11) is 0. The van der Waals surface area contributed by atoms with E-state index in [1.807, 2.05) is 0 Å². The van der Waals surface area contributed by atoms with Crippen LogP contribution in [0.3, 0.4) is 0 Å². The average molecular weight is 395 g/mol. The monoisotopic (exact) mass is 395 g/mol. The molecule has 10 heteroatoms. The molecule has 0 bridgehead atoms. The second-order valence-corrected chi connectivity index (χ2v) is 6.30. The maximum atomic E-state index is 13.4. The Kier molecular flexibility index (Phi) is 5.00. The number of rotatable bonds is 4. The van der Waals surface area contributed by atoms with Crippen LogP contribution in [0.2, 0.25) is 0 Å². The van der Waals surface area contributed by atoms with Crippen LogP contribution in [0.4, 0.5) is 24.5 Å². The molecule has 0 saturated carbocycles. The molecule has 0 unspecified atom stereocenters. The number of furan rings is 1. The number of hydrogen-bond donors (Lipinski definition) is 2. The van der Waals surface area contributed by atoms with Crippen molar-refractivity contribution in [3.8, 4) is 0 Å². The highest BCUT2D eigenvalue weighted by Gasteiger charge is 2.34. The lowest BCUT2D eigenvalue weighted by Gasteiger charge is -2.15. The van der Waals surface area contributed by atoms with Crippen LogP contribution in [0.15, 0.2) is 46.7 Å². The predicted molar refractivity (Wildman–Crippen MR) is 92.9 cm³/mol. The third-order valence-corrected chi connectivity index (χ3v) is 4.49. The summed E-state index contributed by atoms with van der Waals surface area (Å²) in [6, 6.07) is 4.49. The number of carbonyl (C=O) groups is 2. The van der Waals surface area contributed by atoms with Crippen LogP contribution in [0.25, 0.3) is 0 Å². The van der Waals surface area contributed by atoms with E-state index < -0.39 is 29.2 Å². The molecule has 2 aromatic heterocycles. The molecule has 2 heterocycles. The lowest BCUT2D eigenvalue weighted by molar-refractivity contribution is -0.136. The van der Waals surface area contributed by atoms with Gasteiger partial charge in [-0.15, -0.1) is 11.3 Å². The van der Waals surface area contributed by atoms with Crippen LogP contribution in [0.5, 0.6) is 0 Å². The van der Waals surface area contributed by atoms with Crippen molar-refractivity contribution in [3.63, 3.8) is 0 Å². The van der Waals surface area contributed by atoms with Crippen molar-refractivity contribution >= 4 is 34.5 Å². The van der Waals surface area contributed by atoms with Gasteiger partial charge in [-0.3, -0.25) is 9.59 Å². The standard InChI is InChI=1S/C17H12F3N3O3S/c1-9-14(27-8-21-9)16(25)23-13-3-2-11(6-12(13)17(18,19)20)22-15(24)10-4-5-26-7-10/h2-8H,1H3,(H,22,24)(H,23,25). The van der Waals surface area contributed by atoms with Crippen molar-refractivity contribution in [3.05, 3.63) is 64.0 Å². The molecule has 0 saturated heterocycles. The zero-order valence-corrected chi connectivity index (χ0v) is 14.6. The average Bonchev–Trinajstić information content (AvgIpc) is 3.26.